The molecule has 1 heterocycles. The van der Waals surface area contributed by atoms with Crippen LogP contribution in [0.2, 0.25) is 5.02 Å². The zero-order valence-corrected chi connectivity index (χ0v) is 22.2. The van der Waals surface area contributed by atoms with Gasteiger partial charge >= 0.3 is 0 Å². The molecule has 0 spiro atoms. The molecule has 0 atom stereocenters. The zero-order chi connectivity index (χ0) is 25.2. The van der Waals surface area contributed by atoms with E-state index in [1.54, 1.807) is 36.4 Å². The van der Waals surface area contributed by atoms with Crippen molar-refractivity contribution in [1.29, 1.82) is 0 Å². The largest absolute Gasteiger partial charge is 0.266 e. The van der Waals surface area contributed by atoms with Crippen LogP contribution in [-0.4, -0.2) is 40.3 Å². The third-order valence-corrected chi connectivity index (χ3v) is 10.6. The topological polar surface area (TPSA) is 74.8 Å². The molecule has 4 rings (SSSR count). The lowest BCUT2D eigenvalue weighted by atomic mass is 10.1. The Morgan fingerprint density at radius 3 is 2.17 bits per heavy atom. The number of halogens is 1. The summed E-state index contributed by atoms with van der Waals surface area (Å²) < 4.78 is 57.0. The summed E-state index contributed by atoms with van der Waals surface area (Å²) in [6.45, 7) is 4.37. The summed E-state index contributed by atoms with van der Waals surface area (Å²) in [6.07, 6.45) is 1.56. The molecule has 0 amide bonds. The van der Waals surface area contributed by atoms with Gasteiger partial charge in [-0.1, -0.05) is 54.9 Å². The van der Waals surface area contributed by atoms with Gasteiger partial charge in [-0.05, 0) is 73.7 Å². The van der Waals surface area contributed by atoms with Gasteiger partial charge in [0, 0.05) is 19.1 Å². The highest BCUT2D eigenvalue weighted by Gasteiger charge is 2.37. The molecular weight excluding hydrogens is 504 g/mol. The maximum atomic E-state index is 13.8. The lowest BCUT2D eigenvalue weighted by Gasteiger charge is -2.38. The van der Waals surface area contributed by atoms with E-state index in [2.05, 4.69) is 0 Å². The Morgan fingerprint density at radius 2 is 1.57 bits per heavy atom. The molecule has 6 nitrogen and oxygen atoms in total. The Morgan fingerprint density at radius 1 is 0.914 bits per heavy atom. The number of hydrogen-bond donors (Lipinski definition) is 0. The van der Waals surface area contributed by atoms with E-state index in [1.165, 1.54) is 14.7 Å². The highest BCUT2D eigenvalue weighted by molar-refractivity contribution is 7.93. The summed E-state index contributed by atoms with van der Waals surface area (Å²) in [5.74, 6) is 0. The number of piperidine rings is 1. The molecule has 3 aromatic rings. The molecule has 1 aliphatic rings. The standard InChI is InChI=1S/C26H29ClN2O4S2/c1-3-21-11-13-24(14-12-21)34(30,31)28-17-15-22(16-18-28)29(23-8-6-7-20(2)19-23)35(32,33)26-10-5-4-9-25(26)27/h4-14,19,22H,3,15-18H2,1-2H3. The highest BCUT2D eigenvalue weighted by atomic mass is 35.5. The van der Waals surface area contributed by atoms with Crippen LogP contribution >= 0.6 is 11.6 Å². The average molecular weight is 533 g/mol. The lowest BCUT2D eigenvalue weighted by molar-refractivity contribution is 0.320. The van der Waals surface area contributed by atoms with Crippen molar-refractivity contribution in [3.63, 3.8) is 0 Å². The fraction of sp³-hybridized carbons (Fsp3) is 0.308. The maximum Gasteiger partial charge on any atom is 0.266 e. The van der Waals surface area contributed by atoms with E-state index >= 15 is 0 Å². The van der Waals surface area contributed by atoms with Crippen molar-refractivity contribution in [3.8, 4) is 0 Å². The van der Waals surface area contributed by atoms with Crippen molar-refractivity contribution in [2.45, 2.75) is 48.9 Å². The minimum absolute atomic E-state index is 0.0363. The quantitative estimate of drug-likeness (QED) is 0.416. The first kappa shape index (κ1) is 25.7. The lowest BCUT2D eigenvalue weighted by Crippen LogP contribution is -2.49. The molecule has 0 radical (unpaired) electrons. The second kappa shape index (κ2) is 10.3. The smallest absolute Gasteiger partial charge is 0.263 e. The fourth-order valence-corrected chi connectivity index (χ4v) is 8.10. The predicted molar refractivity (Wildman–Crippen MR) is 140 cm³/mol. The van der Waals surface area contributed by atoms with Crippen molar-refractivity contribution in [1.82, 2.24) is 4.31 Å². The molecule has 9 heteroatoms. The molecule has 3 aromatic carbocycles. The molecule has 0 bridgehead atoms. The van der Waals surface area contributed by atoms with E-state index in [9.17, 15) is 16.8 Å². The zero-order valence-electron chi connectivity index (χ0n) is 19.8. The first-order valence-electron chi connectivity index (χ1n) is 11.6. The van der Waals surface area contributed by atoms with Gasteiger partial charge in [0.25, 0.3) is 10.0 Å². The van der Waals surface area contributed by atoms with Crippen LogP contribution in [0.3, 0.4) is 0 Å². The van der Waals surface area contributed by atoms with Gasteiger partial charge in [0.2, 0.25) is 10.0 Å². The first-order chi connectivity index (χ1) is 16.6. The number of hydrogen-bond acceptors (Lipinski definition) is 4. The van der Waals surface area contributed by atoms with E-state index < -0.39 is 26.1 Å². The molecular formula is C26H29ClN2O4S2. The van der Waals surface area contributed by atoms with Crippen LogP contribution in [0.5, 0.6) is 0 Å². The normalized spacial score (nSPS) is 15.7. The molecule has 0 N–H and O–H groups in total. The van der Waals surface area contributed by atoms with E-state index in [0.717, 1.165) is 17.5 Å². The van der Waals surface area contributed by atoms with Gasteiger partial charge in [0.05, 0.1) is 15.6 Å². The maximum absolute atomic E-state index is 13.8. The molecule has 1 aliphatic heterocycles. The summed E-state index contributed by atoms with van der Waals surface area (Å²) in [6, 6.07) is 20.2. The van der Waals surface area contributed by atoms with Crippen LogP contribution in [0.15, 0.2) is 82.6 Å². The van der Waals surface area contributed by atoms with Crippen LogP contribution in [0.1, 0.15) is 30.9 Å². The SMILES string of the molecule is CCc1ccc(S(=O)(=O)N2CCC(N(c3cccc(C)c3)S(=O)(=O)c3ccccc3Cl)CC2)cc1. The predicted octanol–water partition coefficient (Wildman–Crippen LogP) is 5.26. The number of nitrogens with zero attached hydrogens (tertiary/aromatic N) is 2. The third kappa shape index (κ3) is 5.26. The van der Waals surface area contributed by atoms with E-state index in [0.29, 0.717) is 18.5 Å². The molecule has 186 valence electrons. The Bertz CT molecular complexity index is 1400. The molecule has 1 fully saturated rings. The average Bonchev–Trinajstić information content (AvgIpc) is 2.84. The minimum Gasteiger partial charge on any atom is -0.263 e. The molecule has 0 aromatic heterocycles. The molecule has 35 heavy (non-hydrogen) atoms. The van der Waals surface area contributed by atoms with Crippen LogP contribution in [0.25, 0.3) is 0 Å². The van der Waals surface area contributed by atoms with Crippen LogP contribution in [-0.2, 0) is 26.5 Å². The summed E-state index contributed by atoms with van der Waals surface area (Å²) in [5.41, 5.74) is 2.54. The van der Waals surface area contributed by atoms with Crippen molar-refractivity contribution in [2.24, 2.45) is 0 Å². The number of anilines is 1. The Hall–Kier alpha value is -2.39. The van der Waals surface area contributed by atoms with Gasteiger partial charge in [-0.2, -0.15) is 4.31 Å². The summed E-state index contributed by atoms with van der Waals surface area (Å²) in [4.78, 5) is 0.293. The van der Waals surface area contributed by atoms with Gasteiger partial charge in [-0.25, -0.2) is 16.8 Å². The Labute approximate surface area is 213 Å². The van der Waals surface area contributed by atoms with Crippen molar-refractivity contribution >= 4 is 37.3 Å². The summed E-state index contributed by atoms with van der Waals surface area (Å²) in [5, 5.41) is 0.153. The molecule has 0 saturated carbocycles. The van der Waals surface area contributed by atoms with Gasteiger partial charge < -0.3 is 0 Å². The summed E-state index contributed by atoms with van der Waals surface area (Å²) >= 11 is 6.29. The Balaban J connectivity index is 1.64. The van der Waals surface area contributed by atoms with E-state index in [-0.39, 0.29) is 27.9 Å². The molecule has 1 saturated heterocycles. The molecule has 0 aliphatic carbocycles. The second-order valence-electron chi connectivity index (χ2n) is 8.70. The monoisotopic (exact) mass is 532 g/mol. The number of aryl methyl sites for hydroxylation is 2. The fourth-order valence-electron chi connectivity index (χ4n) is 4.43. The van der Waals surface area contributed by atoms with Crippen molar-refractivity contribution < 1.29 is 16.8 Å². The van der Waals surface area contributed by atoms with E-state index in [1.807, 2.05) is 44.2 Å². The number of benzene rings is 3. The Kier molecular flexibility index (Phi) is 7.57. The van der Waals surface area contributed by atoms with Gasteiger partial charge in [-0.3, -0.25) is 4.31 Å². The number of sulfonamides is 2. The molecule has 0 unspecified atom stereocenters. The van der Waals surface area contributed by atoms with Crippen LogP contribution < -0.4 is 4.31 Å². The first-order valence-corrected chi connectivity index (χ1v) is 14.8. The van der Waals surface area contributed by atoms with Crippen molar-refractivity contribution in [2.75, 3.05) is 17.4 Å². The summed E-state index contributed by atoms with van der Waals surface area (Å²) in [7, 11) is -7.64. The third-order valence-electron chi connectivity index (χ3n) is 6.35. The second-order valence-corrected chi connectivity index (χ2v) is 12.8. The number of rotatable bonds is 7. The minimum atomic E-state index is -3.98. The van der Waals surface area contributed by atoms with Crippen LogP contribution in [0.4, 0.5) is 5.69 Å². The van der Waals surface area contributed by atoms with Gasteiger partial charge in [0.15, 0.2) is 0 Å². The van der Waals surface area contributed by atoms with Crippen molar-refractivity contribution in [3.05, 3.63) is 88.9 Å². The van der Waals surface area contributed by atoms with E-state index in [4.69, 9.17) is 11.6 Å². The van der Waals surface area contributed by atoms with Gasteiger partial charge in [0.1, 0.15) is 4.90 Å². The van der Waals surface area contributed by atoms with Crippen LogP contribution in [0, 0.1) is 6.92 Å². The van der Waals surface area contributed by atoms with Gasteiger partial charge in [-0.15, -0.1) is 0 Å². The highest BCUT2D eigenvalue weighted by Crippen LogP contribution is 2.34.